The Morgan fingerprint density at radius 1 is 1.38 bits per heavy atom. The van der Waals surface area contributed by atoms with E-state index in [9.17, 15) is 0 Å². The Balaban J connectivity index is 2.50. The molecule has 0 aliphatic heterocycles. The van der Waals surface area contributed by atoms with Gasteiger partial charge < -0.3 is 5.32 Å². The van der Waals surface area contributed by atoms with Gasteiger partial charge in [0.1, 0.15) is 6.07 Å². The molecule has 1 aromatic rings. The Hall–Kier alpha value is -1.14. The van der Waals surface area contributed by atoms with E-state index in [1.807, 2.05) is 36.9 Å². The summed E-state index contributed by atoms with van der Waals surface area (Å²) in [7, 11) is 0. The number of anilines is 1. The van der Waals surface area contributed by atoms with E-state index in [1.165, 1.54) is 12.2 Å². The molecule has 0 saturated carbocycles. The number of benzene rings is 1. The van der Waals surface area contributed by atoms with Gasteiger partial charge in [-0.1, -0.05) is 12.1 Å². The van der Waals surface area contributed by atoms with E-state index < -0.39 is 0 Å². The van der Waals surface area contributed by atoms with Gasteiger partial charge in [-0.15, -0.1) is 0 Å². The molecule has 3 heteroatoms. The van der Waals surface area contributed by atoms with E-state index in [0.29, 0.717) is 0 Å². The van der Waals surface area contributed by atoms with E-state index in [1.54, 1.807) is 0 Å². The summed E-state index contributed by atoms with van der Waals surface area (Å²) < 4.78 is 0. The third-order valence-electron chi connectivity index (χ3n) is 2.47. The van der Waals surface area contributed by atoms with Gasteiger partial charge in [0.15, 0.2) is 0 Å². The van der Waals surface area contributed by atoms with Crippen LogP contribution in [0.1, 0.15) is 24.0 Å². The zero-order chi connectivity index (χ0) is 11.8. The summed E-state index contributed by atoms with van der Waals surface area (Å²) in [5, 5.41) is 12.3. The lowest BCUT2D eigenvalue weighted by Gasteiger charge is -2.10. The highest BCUT2D eigenvalue weighted by molar-refractivity contribution is 7.98. The van der Waals surface area contributed by atoms with Crippen LogP contribution in [0, 0.1) is 18.3 Å². The van der Waals surface area contributed by atoms with Gasteiger partial charge in [0.2, 0.25) is 0 Å². The normalized spacial score (nSPS) is 9.81. The van der Waals surface area contributed by atoms with Crippen LogP contribution in [0.3, 0.4) is 0 Å². The van der Waals surface area contributed by atoms with Crippen LogP contribution in [-0.4, -0.2) is 18.6 Å². The van der Waals surface area contributed by atoms with Gasteiger partial charge in [-0.25, -0.2) is 0 Å². The number of nitriles is 1. The zero-order valence-electron chi connectivity index (χ0n) is 9.92. The summed E-state index contributed by atoms with van der Waals surface area (Å²) in [4.78, 5) is 0. The summed E-state index contributed by atoms with van der Waals surface area (Å²) >= 11 is 1.88. The molecule has 0 bridgehead atoms. The van der Waals surface area contributed by atoms with Crippen molar-refractivity contribution in [2.45, 2.75) is 19.8 Å². The Labute approximate surface area is 102 Å². The molecule has 0 spiro atoms. The molecule has 0 aliphatic rings. The fraction of sp³-hybridized carbons (Fsp3) is 0.462. The number of para-hydroxylation sites is 1. The number of aryl methyl sites for hydroxylation is 1. The van der Waals surface area contributed by atoms with Crippen LogP contribution in [0.2, 0.25) is 0 Å². The first kappa shape index (κ1) is 12.9. The second-order valence-corrected chi connectivity index (χ2v) is 4.72. The lowest BCUT2D eigenvalue weighted by Crippen LogP contribution is -2.05. The van der Waals surface area contributed by atoms with E-state index in [2.05, 4.69) is 17.6 Å². The summed E-state index contributed by atoms with van der Waals surface area (Å²) in [6, 6.07) is 8.04. The van der Waals surface area contributed by atoms with E-state index in [4.69, 9.17) is 5.26 Å². The highest BCUT2D eigenvalue weighted by atomic mass is 32.2. The highest BCUT2D eigenvalue weighted by Crippen LogP contribution is 2.19. The Bertz CT molecular complexity index is 369. The predicted octanol–water partition coefficient (Wildman–Crippen LogP) is 3.42. The van der Waals surface area contributed by atoms with Crippen molar-refractivity contribution >= 4 is 17.4 Å². The van der Waals surface area contributed by atoms with Gasteiger partial charge in [-0.2, -0.15) is 17.0 Å². The first-order valence-corrected chi connectivity index (χ1v) is 6.91. The first-order chi connectivity index (χ1) is 7.79. The molecule has 1 N–H and O–H groups in total. The number of nitrogens with one attached hydrogen (secondary N) is 1. The smallest absolute Gasteiger partial charge is 0.101 e. The maximum Gasteiger partial charge on any atom is 0.101 e. The van der Waals surface area contributed by atoms with E-state index >= 15 is 0 Å². The molecule has 0 aromatic heterocycles. The summed E-state index contributed by atoms with van der Waals surface area (Å²) in [6.07, 6.45) is 4.50. The summed E-state index contributed by atoms with van der Waals surface area (Å²) in [5.41, 5.74) is 2.88. The van der Waals surface area contributed by atoms with Crippen molar-refractivity contribution < 1.29 is 0 Å². The Morgan fingerprint density at radius 3 is 2.88 bits per heavy atom. The average molecular weight is 234 g/mol. The van der Waals surface area contributed by atoms with Crippen molar-refractivity contribution in [3.05, 3.63) is 29.3 Å². The number of unbranched alkanes of at least 4 members (excludes halogenated alkanes) is 1. The number of hydrogen-bond donors (Lipinski definition) is 1. The maximum absolute atomic E-state index is 8.99. The Morgan fingerprint density at radius 2 is 2.19 bits per heavy atom. The van der Waals surface area contributed by atoms with Crippen molar-refractivity contribution in [3.8, 4) is 6.07 Å². The van der Waals surface area contributed by atoms with Crippen molar-refractivity contribution in [1.82, 2.24) is 0 Å². The van der Waals surface area contributed by atoms with Crippen LogP contribution in [-0.2, 0) is 0 Å². The third-order valence-corrected chi connectivity index (χ3v) is 3.17. The summed E-state index contributed by atoms with van der Waals surface area (Å²) in [5.74, 6) is 1.21. The molecule has 0 aliphatic carbocycles. The van der Waals surface area contributed by atoms with Crippen LogP contribution in [0.25, 0.3) is 0 Å². The highest BCUT2D eigenvalue weighted by Gasteiger charge is 2.03. The summed E-state index contributed by atoms with van der Waals surface area (Å²) in [6.45, 7) is 2.98. The van der Waals surface area contributed by atoms with Gasteiger partial charge in [0, 0.05) is 6.54 Å². The van der Waals surface area contributed by atoms with Crippen LogP contribution >= 0.6 is 11.8 Å². The van der Waals surface area contributed by atoms with Crippen LogP contribution in [0.5, 0.6) is 0 Å². The SMILES string of the molecule is CSCCCCNc1c(C)cccc1C#N. The standard InChI is InChI=1S/C13H18N2S/c1-11-6-5-7-12(10-14)13(11)15-8-3-4-9-16-2/h5-7,15H,3-4,8-9H2,1-2H3. The molecule has 0 heterocycles. The molecule has 0 saturated heterocycles. The topological polar surface area (TPSA) is 35.8 Å². The minimum atomic E-state index is 0.741. The average Bonchev–Trinajstić information content (AvgIpc) is 2.30. The molecule has 1 rings (SSSR count). The molecule has 16 heavy (non-hydrogen) atoms. The van der Waals surface area contributed by atoms with Gasteiger partial charge in [-0.3, -0.25) is 0 Å². The molecular formula is C13H18N2S. The minimum absolute atomic E-state index is 0.741. The van der Waals surface area contributed by atoms with Crippen molar-refractivity contribution in [2.24, 2.45) is 0 Å². The van der Waals surface area contributed by atoms with Crippen LogP contribution < -0.4 is 5.32 Å². The number of nitrogens with zero attached hydrogens (tertiary/aromatic N) is 1. The lowest BCUT2D eigenvalue weighted by atomic mass is 10.1. The monoisotopic (exact) mass is 234 g/mol. The maximum atomic E-state index is 8.99. The van der Waals surface area contributed by atoms with Crippen molar-refractivity contribution in [1.29, 1.82) is 5.26 Å². The molecule has 0 amide bonds. The molecule has 1 aromatic carbocycles. The molecule has 0 unspecified atom stereocenters. The third kappa shape index (κ3) is 3.79. The minimum Gasteiger partial charge on any atom is -0.384 e. The quantitative estimate of drug-likeness (QED) is 0.766. The number of rotatable bonds is 6. The fourth-order valence-electron chi connectivity index (χ4n) is 1.58. The largest absolute Gasteiger partial charge is 0.384 e. The number of thioether (sulfide) groups is 1. The molecule has 86 valence electrons. The molecule has 0 fully saturated rings. The van der Waals surface area contributed by atoms with Crippen LogP contribution in [0.4, 0.5) is 5.69 Å². The van der Waals surface area contributed by atoms with Crippen molar-refractivity contribution in [3.63, 3.8) is 0 Å². The van der Waals surface area contributed by atoms with Crippen LogP contribution in [0.15, 0.2) is 18.2 Å². The zero-order valence-corrected chi connectivity index (χ0v) is 10.7. The van der Waals surface area contributed by atoms with Gasteiger partial charge in [0.05, 0.1) is 11.3 Å². The van der Waals surface area contributed by atoms with Crippen molar-refractivity contribution in [2.75, 3.05) is 23.9 Å². The second-order valence-electron chi connectivity index (χ2n) is 3.74. The van der Waals surface area contributed by atoms with Gasteiger partial charge in [-0.05, 0) is 43.4 Å². The molecule has 0 radical (unpaired) electrons. The predicted molar refractivity (Wildman–Crippen MR) is 72.0 cm³/mol. The lowest BCUT2D eigenvalue weighted by molar-refractivity contribution is 0.842. The first-order valence-electron chi connectivity index (χ1n) is 5.52. The van der Waals surface area contributed by atoms with Gasteiger partial charge in [0.25, 0.3) is 0 Å². The second kappa shape index (κ2) is 7.19. The Kier molecular flexibility index (Phi) is 5.81. The molecule has 2 nitrogen and oxygen atoms in total. The van der Waals surface area contributed by atoms with E-state index in [-0.39, 0.29) is 0 Å². The number of hydrogen-bond acceptors (Lipinski definition) is 3. The molecular weight excluding hydrogens is 216 g/mol. The van der Waals surface area contributed by atoms with E-state index in [0.717, 1.165) is 29.8 Å². The van der Waals surface area contributed by atoms with Gasteiger partial charge >= 0.3 is 0 Å². The fourth-order valence-corrected chi connectivity index (χ4v) is 2.07. The molecule has 0 atom stereocenters.